The number of carbonyl (C=O) groups is 1. The van der Waals surface area contributed by atoms with Crippen LogP contribution < -0.4 is 10.5 Å². The maximum atomic E-state index is 12.5. The fraction of sp³-hybridized carbons (Fsp3) is 0.435. The predicted molar refractivity (Wildman–Crippen MR) is 118 cm³/mol. The van der Waals surface area contributed by atoms with Crippen molar-refractivity contribution in [3.63, 3.8) is 0 Å². The fourth-order valence-electron chi connectivity index (χ4n) is 3.98. The summed E-state index contributed by atoms with van der Waals surface area (Å²) < 4.78 is 22.6. The molecule has 1 atom stereocenters. The highest BCUT2D eigenvalue weighted by Gasteiger charge is 2.26. The second kappa shape index (κ2) is 10.2. The lowest BCUT2D eigenvalue weighted by Gasteiger charge is -2.35. The summed E-state index contributed by atoms with van der Waals surface area (Å²) in [6.45, 7) is 4.37. The van der Waals surface area contributed by atoms with Crippen molar-refractivity contribution in [2.45, 2.75) is 43.5 Å². The van der Waals surface area contributed by atoms with Crippen LogP contribution in [0.3, 0.4) is 0 Å². The molecule has 1 aliphatic heterocycles. The molecule has 2 aromatic carbocycles. The van der Waals surface area contributed by atoms with Crippen molar-refractivity contribution in [1.82, 2.24) is 10.2 Å². The third-order valence-electron chi connectivity index (χ3n) is 5.91. The Balaban J connectivity index is 1.39. The van der Waals surface area contributed by atoms with Gasteiger partial charge >= 0.3 is 0 Å². The van der Waals surface area contributed by atoms with Gasteiger partial charge in [0.1, 0.15) is 0 Å². The number of likely N-dealkylation sites (tertiary alicyclic amines) is 1. The number of nitrogens with one attached hydrogen (secondary N) is 1. The Hall–Kier alpha value is -2.22. The highest BCUT2D eigenvalue weighted by molar-refractivity contribution is 7.89. The quantitative estimate of drug-likeness (QED) is 0.674. The van der Waals surface area contributed by atoms with Gasteiger partial charge in [0.2, 0.25) is 15.9 Å². The van der Waals surface area contributed by atoms with Crippen LogP contribution in [0, 0.1) is 5.92 Å². The third-order valence-corrected chi connectivity index (χ3v) is 6.84. The standard InChI is InChI=1S/C23H31N3O3S/c1-18(26-15-12-21(13-16-26)17-20-5-3-2-4-6-20)23(27)25-14-11-19-7-9-22(10-8-19)30(24,28)29/h2-10,18,21H,11-17H2,1H3,(H,25,27)(H2,24,28,29)/t18-/m0/s1. The molecule has 162 valence electrons. The molecule has 30 heavy (non-hydrogen) atoms. The van der Waals surface area contributed by atoms with E-state index in [-0.39, 0.29) is 16.8 Å². The highest BCUT2D eigenvalue weighted by Crippen LogP contribution is 2.23. The van der Waals surface area contributed by atoms with Gasteiger partial charge in [-0.15, -0.1) is 0 Å². The Morgan fingerprint density at radius 3 is 2.30 bits per heavy atom. The molecule has 0 spiro atoms. The second-order valence-electron chi connectivity index (χ2n) is 8.08. The van der Waals surface area contributed by atoms with Crippen molar-refractivity contribution in [2.75, 3.05) is 19.6 Å². The van der Waals surface area contributed by atoms with Crippen LogP contribution in [0.25, 0.3) is 0 Å². The summed E-state index contributed by atoms with van der Waals surface area (Å²) in [5.41, 5.74) is 2.34. The number of amides is 1. The maximum absolute atomic E-state index is 12.5. The summed E-state index contributed by atoms with van der Waals surface area (Å²) in [6, 6.07) is 16.9. The van der Waals surface area contributed by atoms with Crippen molar-refractivity contribution >= 4 is 15.9 Å². The number of rotatable bonds is 8. The molecule has 3 rings (SSSR count). The lowest BCUT2D eigenvalue weighted by atomic mass is 9.89. The molecular formula is C23H31N3O3S. The van der Waals surface area contributed by atoms with Crippen LogP contribution in [-0.4, -0.2) is 44.9 Å². The lowest BCUT2D eigenvalue weighted by molar-refractivity contribution is -0.126. The average Bonchev–Trinajstić information content (AvgIpc) is 2.74. The first-order valence-corrected chi connectivity index (χ1v) is 12.0. The topological polar surface area (TPSA) is 92.5 Å². The molecule has 6 nitrogen and oxygen atoms in total. The largest absolute Gasteiger partial charge is 0.354 e. The number of nitrogens with two attached hydrogens (primary N) is 1. The Morgan fingerprint density at radius 2 is 1.70 bits per heavy atom. The van der Waals surface area contributed by atoms with Gasteiger partial charge in [-0.3, -0.25) is 9.69 Å². The minimum Gasteiger partial charge on any atom is -0.354 e. The zero-order valence-electron chi connectivity index (χ0n) is 17.5. The van der Waals surface area contributed by atoms with Crippen LogP contribution in [0.1, 0.15) is 30.9 Å². The van der Waals surface area contributed by atoms with Gasteiger partial charge in [-0.25, -0.2) is 13.6 Å². The number of hydrogen-bond acceptors (Lipinski definition) is 4. The van der Waals surface area contributed by atoms with Crippen LogP contribution in [0.5, 0.6) is 0 Å². The summed E-state index contributed by atoms with van der Waals surface area (Å²) in [4.78, 5) is 14.9. The van der Waals surface area contributed by atoms with Crippen LogP contribution in [0.4, 0.5) is 0 Å². The zero-order valence-corrected chi connectivity index (χ0v) is 18.3. The molecule has 0 saturated carbocycles. The number of carbonyl (C=O) groups excluding carboxylic acids is 1. The molecule has 1 aliphatic rings. The van der Waals surface area contributed by atoms with Gasteiger partial charge in [0.05, 0.1) is 10.9 Å². The number of sulfonamides is 1. The molecule has 0 aromatic heterocycles. The van der Waals surface area contributed by atoms with Crippen LogP contribution in [0.15, 0.2) is 59.5 Å². The molecule has 1 saturated heterocycles. The van der Waals surface area contributed by atoms with E-state index >= 15 is 0 Å². The first-order valence-electron chi connectivity index (χ1n) is 10.5. The number of piperidine rings is 1. The molecule has 0 unspecified atom stereocenters. The highest BCUT2D eigenvalue weighted by atomic mass is 32.2. The molecule has 0 radical (unpaired) electrons. The van der Waals surface area contributed by atoms with E-state index in [2.05, 4.69) is 34.5 Å². The minimum absolute atomic E-state index is 0.0395. The molecule has 3 N–H and O–H groups in total. The van der Waals surface area contributed by atoms with Crippen molar-refractivity contribution in [3.8, 4) is 0 Å². The molecule has 7 heteroatoms. The molecule has 1 fully saturated rings. The molecule has 1 amide bonds. The van der Waals surface area contributed by atoms with Crippen molar-refractivity contribution in [1.29, 1.82) is 0 Å². The van der Waals surface area contributed by atoms with Crippen molar-refractivity contribution in [3.05, 3.63) is 65.7 Å². The summed E-state index contributed by atoms with van der Waals surface area (Å²) in [5.74, 6) is 0.719. The van der Waals surface area contributed by atoms with E-state index < -0.39 is 10.0 Å². The zero-order chi connectivity index (χ0) is 21.6. The van der Waals surface area contributed by atoms with E-state index in [0.29, 0.717) is 18.9 Å². The molecule has 0 aliphatic carbocycles. The molecule has 1 heterocycles. The Bertz CT molecular complexity index is 922. The lowest BCUT2D eigenvalue weighted by Crippen LogP contribution is -2.48. The number of nitrogens with zero attached hydrogens (tertiary/aromatic N) is 1. The van der Waals surface area contributed by atoms with Gasteiger partial charge in [0.25, 0.3) is 0 Å². The SMILES string of the molecule is C[C@@H](C(=O)NCCc1ccc(S(N)(=O)=O)cc1)N1CCC(Cc2ccccc2)CC1. The predicted octanol–water partition coefficient (Wildman–Crippen LogP) is 2.34. The smallest absolute Gasteiger partial charge is 0.238 e. The van der Waals surface area contributed by atoms with E-state index in [4.69, 9.17) is 5.14 Å². The molecular weight excluding hydrogens is 398 g/mol. The monoisotopic (exact) mass is 429 g/mol. The Kier molecular flexibility index (Phi) is 7.64. The van der Waals surface area contributed by atoms with Crippen molar-refractivity contribution < 1.29 is 13.2 Å². The van der Waals surface area contributed by atoms with Gasteiger partial charge in [-0.1, -0.05) is 42.5 Å². The van der Waals surface area contributed by atoms with E-state index in [1.807, 2.05) is 13.0 Å². The summed E-state index contributed by atoms with van der Waals surface area (Å²) in [6.07, 6.45) is 3.98. The van der Waals surface area contributed by atoms with Gasteiger partial charge in [0.15, 0.2) is 0 Å². The van der Waals surface area contributed by atoms with Crippen LogP contribution in [0.2, 0.25) is 0 Å². The number of hydrogen-bond donors (Lipinski definition) is 2. The normalized spacial score (nSPS) is 16.9. The second-order valence-corrected chi connectivity index (χ2v) is 9.64. The van der Waals surface area contributed by atoms with Gasteiger partial charge in [-0.05, 0) is 74.9 Å². The van der Waals surface area contributed by atoms with E-state index in [9.17, 15) is 13.2 Å². The minimum atomic E-state index is -3.67. The van der Waals surface area contributed by atoms with Gasteiger partial charge in [0, 0.05) is 6.54 Å². The summed E-state index contributed by atoms with van der Waals surface area (Å²) in [7, 11) is -3.67. The first-order chi connectivity index (χ1) is 14.3. The third kappa shape index (κ3) is 6.39. The first kappa shape index (κ1) is 22.5. The molecule has 0 bridgehead atoms. The van der Waals surface area contributed by atoms with E-state index in [1.165, 1.54) is 17.7 Å². The summed E-state index contributed by atoms with van der Waals surface area (Å²) in [5, 5.41) is 8.11. The average molecular weight is 430 g/mol. The maximum Gasteiger partial charge on any atom is 0.238 e. The number of benzene rings is 2. The summed E-state index contributed by atoms with van der Waals surface area (Å²) >= 11 is 0. The van der Waals surface area contributed by atoms with Crippen molar-refractivity contribution in [2.24, 2.45) is 11.1 Å². The van der Waals surface area contributed by atoms with Crippen LogP contribution >= 0.6 is 0 Å². The van der Waals surface area contributed by atoms with Gasteiger partial charge in [-0.2, -0.15) is 0 Å². The molecule has 2 aromatic rings. The number of primary sulfonamides is 1. The fourth-order valence-corrected chi connectivity index (χ4v) is 4.50. The Labute approximate surface area is 179 Å². The van der Waals surface area contributed by atoms with Gasteiger partial charge < -0.3 is 5.32 Å². The van der Waals surface area contributed by atoms with E-state index in [0.717, 1.165) is 37.9 Å². The van der Waals surface area contributed by atoms with Crippen LogP contribution in [-0.2, 0) is 27.7 Å². The Morgan fingerprint density at radius 1 is 1.07 bits per heavy atom. The van der Waals surface area contributed by atoms with E-state index in [1.54, 1.807) is 12.1 Å².